The number of benzene rings is 2. The molecule has 1 heterocycles. The van der Waals surface area contributed by atoms with E-state index in [1.807, 2.05) is 31.2 Å². The van der Waals surface area contributed by atoms with E-state index < -0.39 is 15.9 Å². The zero-order valence-electron chi connectivity index (χ0n) is 15.4. The quantitative estimate of drug-likeness (QED) is 0.789. The van der Waals surface area contributed by atoms with Gasteiger partial charge in [0, 0.05) is 16.7 Å². The van der Waals surface area contributed by atoms with E-state index in [0.29, 0.717) is 22.7 Å². The van der Waals surface area contributed by atoms with Crippen molar-refractivity contribution < 1.29 is 22.7 Å². The molecule has 0 spiro atoms. The van der Waals surface area contributed by atoms with Gasteiger partial charge in [0.05, 0.1) is 26.0 Å². The first-order valence-electron chi connectivity index (χ1n) is 8.38. The van der Waals surface area contributed by atoms with Crippen LogP contribution in [-0.2, 0) is 9.84 Å². The van der Waals surface area contributed by atoms with E-state index >= 15 is 0 Å². The fourth-order valence-corrected chi connectivity index (χ4v) is 4.26. The van der Waals surface area contributed by atoms with Gasteiger partial charge in [0.1, 0.15) is 0 Å². The molecule has 3 rings (SSSR count). The molecule has 2 aromatic carbocycles. The Labute approximate surface area is 158 Å². The summed E-state index contributed by atoms with van der Waals surface area (Å²) in [5.41, 5.74) is 2.06. The summed E-state index contributed by atoms with van der Waals surface area (Å²) in [4.78, 5) is 14.8. The number of hydrogen-bond acceptors (Lipinski definition) is 5. The topological polar surface area (TPSA) is 72.9 Å². The molecule has 1 aliphatic heterocycles. The highest BCUT2D eigenvalue weighted by atomic mass is 32.2. The SMILES string of the molecule is COc1ccc(C(=O)N(c2ccc(C)cc2)[C@H]2C=CS(=O)(=O)C2)cc1OC. The molecule has 2 aromatic rings. The first kappa shape index (κ1) is 19.0. The molecule has 0 N–H and O–H groups in total. The number of methoxy groups -OCH3 is 2. The third kappa shape index (κ3) is 3.98. The lowest BCUT2D eigenvalue weighted by molar-refractivity contribution is 0.0982. The minimum absolute atomic E-state index is 0.139. The highest BCUT2D eigenvalue weighted by Gasteiger charge is 2.32. The van der Waals surface area contributed by atoms with E-state index in [-0.39, 0.29) is 11.7 Å². The van der Waals surface area contributed by atoms with Crippen LogP contribution in [-0.4, -0.2) is 40.3 Å². The molecule has 0 saturated carbocycles. The number of amides is 1. The van der Waals surface area contributed by atoms with Crippen molar-refractivity contribution in [2.75, 3.05) is 24.9 Å². The van der Waals surface area contributed by atoms with Gasteiger partial charge in [-0.05, 0) is 43.3 Å². The number of ether oxygens (including phenoxy) is 2. The molecule has 142 valence electrons. The van der Waals surface area contributed by atoms with Crippen molar-refractivity contribution in [2.45, 2.75) is 13.0 Å². The summed E-state index contributed by atoms with van der Waals surface area (Å²) in [6.07, 6.45) is 1.55. The average molecular weight is 387 g/mol. The van der Waals surface area contributed by atoms with Crippen LogP contribution in [0.5, 0.6) is 11.5 Å². The van der Waals surface area contributed by atoms with Crippen LogP contribution < -0.4 is 14.4 Å². The normalized spacial score (nSPS) is 17.5. The molecule has 27 heavy (non-hydrogen) atoms. The van der Waals surface area contributed by atoms with Gasteiger partial charge in [0.15, 0.2) is 21.3 Å². The van der Waals surface area contributed by atoms with E-state index in [1.54, 1.807) is 24.3 Å². The summed E-state index contributed by atoms with van der Waals surface area (Å²) in [5, 5.41) is 1.17. The van der Waals surface area contributed by atoms with Crippen LogP contribution in [0.4, 0.5) is 5.69 Å². The molecule has 7 heteroatoms. The van der Waals surface area contributed by atoms with Crippen LogP contribution in [0.2, 0.25) is 0 Å². The summed E-state index contributed by atoms with van der Waals surface area (Å²) in [6, 6.07) is 11.7. The second-order valence-electron chi connectivity index (χ2n) is 6.31. The fraction of sp³-hybridized carbons (Fsp3) is 0.250. The first-order valence-corrected chi connectivity index (χ1v) is 10.1. The van der Waals surface area contributed by atoms with E-state index in [2.05, 4.69) is 0 Å². The van der Waals surface area contributed by atoms with Crippen molar-refractivity contribution >= 4 is 21.4 Å². The molecule has 6 nitrogen and oxygen atoms in total. The number of anilines is 1. The summed E-state index contributed by atoms with van der Waals surface area (Å²) >= 11 is 0. The molecule has 0 bridgehead atoms. The zero-order chi connectivity index (χ0) is 19.6. The highest BCUT2D eigenvalue weighted by Crippen LogP contribution is 2.30. The maximum Gasteiger partial charge on any atom is 0.258 e. The van der Waals surface area contributed by atoms with Crippen molar-refractivity contribution in [1.29, 1.82) is 0 Å². The van der Waals surface area contributed by atoms with Gasteiger partial charge in [0.25, 0.3) is 5.91 Å². The lowest BCUT2D eigenvalue weighted by Crippen LogP contribution is -2.41. The predicted molar refractivity (Wildman–Crippen MR) is 104 cm³/mol. The number of sulfone groups is 1. The fourth-order valence-electron chi connectivity index (χ4n) is 2.99. The maximum absolute atomic E-state index is 13.3. The molecular weight excluding hydrogens is 366 g/mol. The van der Waals surface area contributed by atoms with Gasteiger partial charge in [0.2, 0.25) is 0 Å². The Kier molecular flexibility index (Phi) is 5.23. The molecular formula is C20H21NO5S. The van der Waals surface area contributed by atoms with Gasteiger partial charge < -0.3 is 14.4 Å². The van der Waals surface area contributed by atoms with E-state index in [1.165, 1.54) is 24.5 Å². The van der Waals surface area contributed by atoms with Crippen LogP contribution in [0.1, 0.15) is 15.9 Å². The van der Waals surface area contributed by atoms with Crippen LogP contribution in [0.3, 0.4) is 0 Å². The monoisotopic (exact) mass is 387 g/mol. The standard InChI is InChI=1S/C20H21NO5S/c1-14-4-7-16(8-5-14)21(17-10-11-27(23,24)13-17)20(22)15-6-9-18(25-2)19(12-15)26-3/h4-12,17H,13H2,1-3H3/t17-/m0/s1. The lowest BCUT2D eigenvalue weighted by Gasteiger charge is -2.28. The summed E-state index contributed by atoms with van der Waals surface area (Å²) in [5.74, 6) is 0.493. The highest BCUT2D eigenvalue weighted by molar-refractivity contribution is 7.94. The summed E-state index contributed by atoms with van der Waals surface area (Å²) in [6.45, 7) is 1.95. The van der Waals surface area contributed by atoms with Gasteiger partial charge in [-0.1, -0.05) is 17.7 Å². The smallest absolute Gasteiger partial charge is 0.258 e. The second kappa shape index (κ2) is 7.44. The van der Waals surface area contributed by atoms with Crippen LogP contribution in [0, 0.1) is 6.92 Å². The first-order chi connectivity index (χ1) is 12.8. The van der Waals surface area contributed by atoms with Gasteiger partial charge in [-0.15, -0.1) is 0 Å². The maximum atomic E-state index is 13.3. The molecule has 1 atom stereocenters. The van der Waals surface area contributed by atoms with Crippen molar-refractivity contribution in [1.82, 2.24) is 0 Å². The van der Waals surface area contributed by atoms with E-state index in [0.717, 1.165) is 5.56 Å². The number of nitrogens with zero attached hydrogens (tertiary/aromatic N) is 1. The zero-order valence-corrected chi connectivity index (χ0v) is 16.2. The van der Waals surface area contributed by atoms with Gasteiger partial charge in [-0.3, -0.25) is 4.79 Å². The third-order valence-electron chi connectivity index (χ3n) is 4.40. The number of carbonyl (C=O) groups excluding carboxylic acids is 1. The molecule has 0 unspecified atom stereocenters. The Hall–Kier alpha value is -2.80. The number of hydrogen-bond donors (Lipinski definition) is 0. The van der Waals surface area contributed by atoms with Gasteiger partial charge in [-0.2, -0.15) is 0 Å². The Bertz CT molecular complexity index is 980. The molecule has 0 saturated heterocycles. The molecule has 0 radical (unpaired) electrons. The number of aryl methyl sites for hydroxylation is 1. The number of rotatable bonds is 5. The van der Waals surface area contributed by atoms with Crippen molar-refractivity contribution in [3.63, 3.8) is 0 Å². The molecule has 0 aliphatic carbocycles. The van der Waals surface area contributed by atoms with Crippen LogP contribution in [0.25, 0.3) is 0 Å². The molecule has 0 fully saturated rings. The van der Waals surface area contributed by atoms with Crippen molar-refractivity contribution in [3.8, 4) is 11.5 Å². The third-order valence-corrected chi connectivity index (χ3v) is 5.78. The lowest BCUT2D eigenvalue weighted by atomic mass is 10.1. The van der Waals surface area contributed by atoms with E-state index in [4.69, 9.17) is 9.47 Å². The largest absolute Gasteiger partial charge is 0.493 e. The minimum Gasteiger partial charge on any atom is -0.493 e. The average Bonchev–Trinajstić information content (AvgIpc) is 3.02. The number of carbonyl (C=O) groups is 1. The minimum atomic E-state index is -3.31. The Morgan fingerprint density at radius 1 is 1.04 bits per heavy atom. The molecule has 0 aromatic heterocycles. The van der Waals surface area contributed by atoms with Crippen LogP contribution >= 0.6 is 0 Å². The van der Waals surface area contributed by atoms with Gasteiger partial charge >= 0.3 is 0 Å². The summed E-state index contributed by atoms with van der Waals surface area (Å²) < 4.78 is 34.3. The second-order valence-corrected chi connectivity index (χ2v) is 8.24. The molecule has 1 amide bonds. The van der Waals surface area contributed by atoms with Crippen molar-refractivity contribution in [2.24, 2.45) is 0 Å². The Balaban J connectivity index is 2.03. The van der Waals surface area contributed by atoms with Gasteiger partial charge in [-0.25, -0.2) is 8.42 Å². The Morgan fingerprint density at radius 2 is 1.70 bits per heavy atom. The molecule has 1 aliphatic rings. The van der Waals surface area contributed by atoms with Crippen LogP contribution in [0.15, 0.2) is 53.9 Å². The predicted octanol–water partition coefficient (Wildman–Crippen LogP) is 2.97. The van der Waals surface area contributed by atoms with E-state index in [9.17, 15) is 13.2 Å². The summed E-state index contributed by atoms with van der Waals surface area (Å²) in [7, 11) is -0.299. The van der Waals surface area contributed by atoms with Crippen molar-refractivity contribution in [3.05, 3.63) is 65.1 Å². The Morgan fingerprint density at radius 3 is 2.26 bits per heavy atom.